The van der Waals surface area contributed by atoms with Gasteiger partial charge in [0.1, 0.15) is 0 Å². The first-order valence-electron chi connectivity index (χ1n) is 9.72. The average molecular weight is 392 g/mol. The van der Waals surface area contributed by atoms with Crippen LogP contribution in [-0.2, 0) is 19.4 Å². The minimum absolute atomic E-state index is 0.0390. The van der Waals surface area contributed by atoms with Crippen molar-refractivity contribution in [3.8, 4) is 11.5 Å². The molecule has 0 aliphatic heterocycles. The van der Waals surface area contributed by atoms with E-state index in [9.17, 15) is 9.59 Å². The van der Waals surface area contributed by atoms with E-state index in [2.05, 4.69) is 17.4 Å². The molecule has 0 atom stereocenters. The maximum absolute atomic E-state index is 13.2. The van der Waals surface area contributed by atoms with Gasteiger partial charge in [0, 0.05) is 24.2 Å². The zero-order valence-electron chi connectivity index (χ0n) is 16.8. The van der Waals surface area contributed by atoms with Gasteiger partial charge in [0.2, 0.25) is 0 Å². The number of aryl methyl sites for hydroxylation is 1. The van der Waals surface area contributed by atoms with Gasteiger partial charge in [-0.2, -0.15) is 0 Å². The molecule has 1 N–H and O–H groups in total. The largest absolute Gasteiger partial charge is 0.493 e. The fourth-order valence-corrected chi connectivity index (χ4v) is 4.06. The topological polar surface area (TPSA) is 69.6 Å². The molecule has 0 bridgehead atoms. The third kappa shape index (κ3) is 3.35. The van der Waals surface area contributed by atoms with E-state index >= 15 is 0 Å². The first-order valence-corrected chi connectivity index (χ1v) is 9.72. The summed E-state index contributed by atoms with van der Waals surface area (Å²) in [5, 5.41) is 4.14. The highest BCUT2D eigenvalue weighted by Crippen LogP contribution is 2.32. The van der Waals surface area contributed by atoms with E-state index in [0.717, 1.165) is 12.8 Å². The summed E-state index contributed by atoms with van der Waals surface area (Å²) < 4.78 is 12.3. The highest BCUT2D eigenvalue weighted by Gasteiger charge is 2.25. The number of nitrogens with one attached hydrogen (secondary N) is 1. The summed E-state index contributed by atoms with van der Waals surface area (Å²) in [7, 11) is 3.06. The van der Waals surface area contributed by atoms with E-state index in [-0.39, 0.29) is 17.5 Å². The van der Waals surface area contributed by atoms with Gasteiger partial charge in [-0.15, -0.1) is 0 Å². The van der Waals surface area contributed by atoms with Gasteiger partial charge in [-0.3, -0.25) is 9.59 Å². The van der Waals surface area contributed by atoms with E-state index in [0.29, 0.717) is 34.4 Å². The maximum Gasteiger partial charge on any atom is 0.258 e. The van der Waals surface area contributed by atoms with Gasteiger partial charge in [-0.25, -0.2) is 0 Å². The number of amides is 1. The van der Waals surface area contributed by atoms with Crippen LogP contribution in [0.25, 0.3) is 10.8 Å². The van der Waals surface area contributed by atoms with Crippen LogP contribution in [0.15, 0.2) is 47.4 Å². The van der Waals surface area contributed by atoms with Crippen LogP contribution in [0.3, 0.4) is 0 Å². The Hall–Kier alpha value is -3.28. The normalized spacial score (nSPS) is 13.3. The van der Waals surface area contributed by atoms with Gasteiger partial charge in [-0.1, -0.05) is 24.3 Å². The SMILES string of the molecule is CCn1cc(C(=O)NC2Cc3ccccc3C2)c2cc(OC)c(OC)cc2c1=O. The second-order valence-electron chi connectivity index (χ2n) is 7.23. The number of aromatic nitrogens is 1. The standard InChI is InChI=1S/C23H24N2O4/c1-4-25-13-19(17-11-20(28-2)21(29-3)12-18(17)23(25)27)22(26)24-16-9-14-7-5-6-8-15(14)10-16/h5-8,11-13,16H,4,9-10H2,1-3H3,(H,24,26). The zero-order valence-corrected chi connectivity index (χ0v) is 16.8. The van der Waals surface area contributed by atoms with Crippen LogP contribution in [0.1, 0.15) is 28.4 Å². The summed E-state index contributed by atoms with van der Waals surface area (Å²) >= 11 is 0. The van der Waals surface area contributed by atoms with Crippen molar-refractivity contribution in [1.82, 2.24) is 9.88 Å². The quantitative estimate of drug-likeness (QED) is 0.725. The third-order valence-electron chi connectivity index (χ3n) is 5.56. The van der Waals surface area contributed by atoms with E-state index in [4.69, 9.17) is 9.47 Å². The van der Waals surface area contributed by atoms with Gasteiger partial charge in [0.05, 0.1) is 25.2 Å². The molecule has 0 saturated heterocycles. The molecule has 0 unspecified atom stereocenters. The van der Waals surface area contributed by atoms with Crippen LogP contribution < -0.4 is 20.3 Å². The van der Waals surface area contributed by atoms with Crippen LogP contribution in [0, 0.1) is 0 Å². The molecule has 2 aromatic carbocycles. The predicted molar refractivity (Wildman–Crippen MR) is 112 cm³/mol. The minimum atomic E-state index is -0.192. The van der Waals surface area contributed by atoms with E-state index in [1.165, 1.54) is 25.3 Å². The molecule has 1 aliphatic carbocycles. The summed E-state index contributed by atoms with van der Waals surface area (Å²) in [5.41, 5.74) is 2.84. The lowest BCUT2D eigenvalue weighted by Crippen LogP contribution is -2.36. The molecule has 1 heterocycles. The summed E-state index contributed by atoms with van der Waals surface area (Å²) in [4.78, 5) is 26.0. The Morgan fingerprint density at radius 1 is 1.07 bits per heavy atom. The Morgan fingerprint density at radius 3 is 2.21 bits per heavy atom. The molecule has 0 fully saturated rings. The lowest BCUT2D eigenvalue weighted by Gasteiger charge is -2.16. The average Bonchev–Trinajstić information content (AvgIpc) is 3.15. The number of hydrogen-bond donors (Lipinski definition) is 1. The predicted octanol–water partition coefficient (Wildman–Crippen LogP) is 2.94. The Kier molecular flexibility index (Phi) is 5.01. The number of rotatable bonds is 5. The number of nitrogens with zero attached hydrogens (tertiary/aromatic N) is 1. The Morgan fingerprint density at radius 2 is 1.66 bits per heavy atom. The van der Waals surface area contributed by atoms with Crippen LogP contribution in [0.2, 0.25) is 0 Å². The van der Waals surface area contributed by atoms with Crippen molar-refractivity contribution in [2.75, 3.05) is 14.2 Å². The molecule has 4 rings (SSSR count). The summed E-state index contributed by atoms with van der Waals surface area (Å²) in [6.45, 7) is 2.35. The molecule has 1 aliphatic rings. The fraction of sp³-hybridized carbons (Fsp3) is 0.304. The molecule has 3 aromatic rings. The van der Waals surface area contributed by atoms with E-state index in [1.54, 1.807) is 22.9 Å². The second-order valence-corrected chi connectivity index (χ2v) is 7.23. The smallest absolute Gasteiger partial charge is 0.258 e. The highest BCUT2D eigenvalue weighted by molar-refractivity contribution is 6.07. The van der Waals surface area contributed by atoms with Gasteiger partial charge in [-0.05, 0) is 43.0 Å². The molecule has 6 nitrogen and oxygen atoms in total. The van der Waals surface area contributed by atoms with Crippen molar-refractivity contribution < 1.29 is 14.3 Å². The van der Waals surface area contributed by atoms with Crippen molar-refractivity contribution in [3.63, 3.8) is 0 Å². The molecule has 0 saturated carbocycles. The number of carbonyl (C=O) groups excluding carboxylic acids is 1. The molecule has 29 heavy (non-hydrogen) atoms. The zero-order chi connectivity index (χ0) is 20.5. The lowest BCUT2D eigenvalue weighted by atomic mass is 10.0. The van der Waals surface area contributed by atoms with Crippen LogP contribution >= 0.6 is 0 Å². The van der Waals surface area contributed by atoms with Crippen molar-refractivity contribution >= 4 is 16.7 Å². The monoisotopic (exact) mass is 392 g/mol. The van der Waals surface area contributed by atoms with Gasteiger partial charge < -0.3 is 19.4 Å². The van der Waals surface area contributed by atoms with Crippen molar-refractivity contribution in [3.05, 3.63) is 69.6 Å². The number of methoxy groups -OCH3 is 2. The van der Waals surface area contributed by atoms with Gasteiger partial charge in [0.25, 0.3) is 11.5 Å². The van der Waals surface area contributed by atoms with Crippen molar-refractivity contribution in [2.24, 2.45) is 0 Å². The molecule has 0 radical (unpaired) electrons. The molecule has 1 aromatic heterocycles. The maximum atomic E-state index is 13.2. The molecule has 150 valence electrons. The number of carbonyl (C=O) groups is 1. The summed E-state index contributed by atoms with van der Waals surface area (Å²) in [6, 6.07) is 11.6. The molecule has 1 amide bonds. The molecular formula is C23H24N2O4. The fourth-order valence-electron chi connectivity index (χ4n) is 4.06. The molecule has 6 heteroatoms. The van der Waals surface area contributed by atoms with E-state index in [1.807, 2.05) is 19.1 Å². The number of hydrogen-bond acceptors (Lipinski definition) is 4. The van der Waals surface area contributed by atoms with Crippen LogP contribution in [0.4, 0.5) is 0 Å². The highest BCUT2D eigenvalue weighted by atomic mass is 16.5. The van der Waals surface area contributed by atoms with Gasteiger partial charge in [0.15, 0.2) is 11.5 Å². The third-order valence-corrected chi connectivity index (χ3v) is 5.56. The number of benzene rings is 2. The first-order chi connectivity index (χ1) is 14.0. The van der Waals surface area contributed by atoms with Crippen LogP contribution in [0.5, 0.6) is 11.5 Å². The first kappa shape index (κ1) is 19.1. The Labute approximate surface area is 169 Å². The summed E-state index contributed by atoms with van der Waals surface area (Å²) in [6.07, 6.45) is 3.25. The van der Waals surface area contributed by atoms with Crippen LogP contribution in [-0.4, -0.2) is 30.7 Å². The number of ether oxygens (including phenoxy) is 2. The number of fused-ring (bicyclic) bond motifs is 2. The van der Waals surface area contributed by atoms with Crippen molar-refractivity contribution in [1.29, 1.82) is 0 Å². The van der Waals surface area contributed by atoms with Crippen molar-refractivity contribution in [2.45, 2.75) is 32.4 Å². The Bertz CT molecular complexity index is 1120. The minimum Gasteiger partial charge on any atom is -0.493 e. The molecule has 0 spiro atoms. The van der Waals surface area contributed by atoms with Gasteiger partial charge >= 0.3 is 0 Å². The lowest BCUT2D eigenvalue weighted by molar-refractivity contribution is 0.0939. The molecular weight excluding hydrogens is 368 g/mol. The van der Waals surface area contributed by atoms with E-state index < -0.39 is 0 Å². The summed E-state index contributed by atoms with van der Waals surface area (Å²) in [5.74, 6) is 0.752. The Balaban J connectivity index is 1.75. The number of pyridine rings is 1. The second kappa shape index (κ2) is 7.62.